The van der Waals surface area contributed by atoms with Crippen LogP contribution < -0.4 is 20.7 Å². The first-order chi connectivity index (χ1) is 19.2. The molecule has 0 atom stereocenters. The van der Waals surface area contributed by atoms with Gasteiger partial charge in [0, 0.05) is 31.4 Å². The molecule has 0 saturated carbocycles. The Morgan fingerprint density at radius 3 is 2.55 bits per heavy atom. The number of carbonyl (C=O) groups excluding carboxylic acids is 2. The molecule has 1 aliphatic heterocycles. The maximum Gasteiger partial charge on any atom is 0.322 e. The number of hydrogen-bond acceptors (Lipinski definition) is 7. The number of aromatic nitrogens is 2. The molecule has 1 aliphatic rings. The van der Waals surface area contributed by atoms with Crippen LogP contribution in [-0.4, -0.2) is 70.0 Å². The zero-order valence-corrected chi connectivity index (χ0v) is 22.6. The van der Waals surface area contributed by atoms with E-state index in [0.29, 0.717) is 12.1 Å². The first kappa shape index (κ1) is 28.8. The van der Waals surface area contributed by atoms with E-state index < -0.39 is 17.5 Å². The van der Waals surface area contributed by atoms with E-state index in [4.69, 9.17) is 17.0 Å². The lowest BCUT2D eigenvalue weighted by atomic mass is 10.1. The van der Waals surface area contributed by atoms with E-state index in [-0.39, 0.29) is 40.7 Å². The van der Waals surface area contributed by atoms with Crippen LogP contribution in [0, 0.1) is 11.6 Å². The fraction of sp³-hybridized carbons (Fsp3) is 0.296. The van der Waals surface area contributed by atoms with Gasteiger partial charge in [-0.3, -0.25) is 10.1 Å². The maximum atomic E-state index is 14.7. The number of ether oxygens (including phenoxy) is 1. The van der Waals surface area contributed by atoms with Crippen LogP contribution in [0.5, 0.6) is 11.6 Å². The van der Waals surface area contributed by atoms with E-state index in [2.05, 4.69) is 30.8 Å². The van der Waals surface area contributed by atoms with E-state index >= 15 is 0 Å². The van der Waals surface area contributed by atoms with Crippen LogP contribution in [0.3, 0.4) is 0 Å². The summed E-state index contributed by atoms with van der Waals surface area (Å²) in [6.07, 6.45) is 3.31. The first-order valence-electron chi connectivity index (χ1n) is 12.6. The fourth-order valence-electron chi connectivity index (χ4n) is 3.80. The molecule has 0 unspecified atom stereocenters. The van der Waals surface area contributed by atoms with Gasteiger partial charge in [0.25, 0.3) is 0 Å². The summed E-state index contributed by atoms with van der Waals surface area (Å²) >= 11 is 5.13. The highest BCUT2D eigenvalue weighted by Crippen LogP contribution is 2.26. The van der Waals surface area contributed by atoms with Gasteiger partial charge in [0.05, 0.1) is 6.42 Å². The van der Waals surface area contributed by atoms with Crippen LogP contribution in [0.25, 0.3) is 0 Å². The lowest BCUT2D eigenvalue weighted by molar-refractivity contribution is -0.119. The maximum absolute atomic E-state index is 14.7. The van der Waals surface area contributed by atoms with Crippen molar-refractivity contribution in [3.8, 4) is 11.6 Å². The second kappa shape index (κ2) is 13.7. The number of urea groups is 1. The molecule has 0 bridgehead atoms. The van der Waals surface area contributed by atoms with E-state index in [9.17, 15) is 18.4 Å². The normalized spacial score (nSPS) is 12.7. The quantitative estimate of drug-likeness (QED) is 0.312. The second-order valence-corrected chi connectivity index (χ2v) is 9.60. The van der Waals surface area contributed by atoms with Crippen molar-refractivity contribution in [1.82, 2.24) is 25.1 Å². The number of anilines is 2. The van der Waals surface area contributed by atoms with Crippen LogP contribution in [0.1, 0.15) is 18.4 Å². The topological polar surface area (TPSA) is 112 Å². The summed E-state index contributed by atoms with van der Waals surface area (Å²) in [5.74, 6) is -1.38. The van der Waals surface area contributed by atoms with Gasteiger partial charge in [-0.2, -0.15) is 0 Å². The van der Waals surface area contributed by atoms with Crippen LogP contribution >= 0.6 is 12.2 Å². The van der Waals surface area contributed by atoms with Gasteiger partial charge in [0.2, 0.25) is 11.8 Å². The van der Waals surface area contributed by atoms with Gasteiger partial charge in [0.15, 0.2) is 16.7 Å². The Morgan fingerprint density at radius 1 is 1.07 bits per heavy atom. The van der Waals surface area contributed by atoms with Crippen molar-refractivity contribution in [2.75, 3.05) is 43.9 Å². The Balaban J connectivity index is 1.26. The number of carbonyl (C=O) groups is 2. The molecule has 3 N–H and O–H groups in total. The standard InChI is InChI=1S/C27H29F2N7O3S/c1-35(10-2-11-36-12-3-13-36)27(38)33-23-16-25(31-17-30-23)39-22-9-8-20(15-21(22)29)32-26(40)34-24(37)14-18-4-6-19(28)7-5-18/h4-9,15-17H,2-3,10-14H2,1H3,(H,30,31,33,38)(H2,32,34,37,40). The Morgan fingerprint density at radius 2 is 1.85 bits per heavy atom. The van der Waals surface area contributed by atoms with Crippen LogP contribution in [0.4, 0.5) is 25.1 Å². The first-order valence-corrected chi connectivity index (χ1v) is 13.1. The van der Waals surface area contributed by atoms with Crippen molar-refractivity contribution in [3.05, 3.63) is 72.1 Å². The van der Waals surface area contributed by atoms with E-state index in [1.165, 1.54) is 55.2 Å². The predicted molar refractivity (Wildman–Crippen MR) is 150 cm³/mol. The summed E-state index contributed by atoms with van der Waals surface area (Å²) in [6, 6.07) is 10.6. The van der Waals surface area contributed by atoms with Crippen molar-refractivity contribution in [2.45, 2.75) is 19.3 Å². The minimum atomic E-state index is -0.712. The molecule has 13 heteroatoms. The van der Waals surface area contributed by atoms with Crippen molar-refractivity contribution >= 4 is 40.8 Å². The number of likely N-dealkylation sites (tertiary alicyclic amines) is 1. The fourth-order valence-corrected chi connectivity index (χ4v) is 4.03. The number of nitrogens with one attached hydrogen (secondary N) is 3. The molecule has 2 heterocycles. The number of rotatable bonds is 10. The molecule has 210 valence electrons. The van der Waals surface area contributed by atoms with Crippen molar-refractivity contribution in [1.29, 1.82) is 0 Å². The number of thiocarbonyl (C=S) groups is 1. The van der Waals surface area contributed by atoms with Gasteiger partial charge in [-0.15, -0.1) is 0 Å². The zero-order chi connectivity index (χ0) is 28.5. The van der Waals surface area contributed by atoms with Gasteiger partial charge in [0.1, 0.15) is 18.0 Å². The molecule has 1 aromatic heterocycles. The highest BCUT2D eigenvalue weighted by atomic mass is 32.1. The minimum Gasteiger partial charge on any atom is -0.436 e. The van der Waals surface area contributed by atoms with Crippen molar-refractivity contribution in [2.24, 2.45) is 0 Å². The molecular weight excluding hydrogens is 540 g/mol. The summed E-state index contributed by atoms with van der Waals surface area (Å²) in [4.78, 5) is 36.6. The summed E-state index contributed by atoms with van der Waals surface area (Å²) < 4.78 is 33.3. The lowest BCUT2D eigenvalue weighted by Gasteiger charge is -2.31. The van der Waals surface area contributed by atoms with Crippen LogP contribution in [0.15, 0.2) is 54.9 Å². The summed E-state index contributed by atoms with van der Waals surface area (Å²) in [5.41, 5.74) is 0.899. The van der Waals surface area contributed by atoms with Gasteiger partial charge in [-0.25, -0.2) is 23.5 Å². The highest BCUT2D eigenvalue weighted by molar-refractivity contribution is 7.80. The van der Waals surface area contributed by atoms with Gasteiger partial charge < -0.3 is 25.2 Å². The van der Waals surface area contributed by atoms with E-state index in [0.717, 1.165) is 32.1 Å². The van der Waals surface area contributed by atoms with Gasteiger partial charge in [-0.05, 0) is 74.5 Å². The molecule has 0 spiro atoms. The van der Waals surface area contributed by atoms with Crippen molar-refractivity contribution < 1.29 is 23.1 Å². The largest absolute Gasteiger partial charge is 0.436 e. The van der Waals surface area contributed by atoms with Crippen molar-refractivity contribution in [3.63, 3.8) is 0 Å². The van der Waals surface area contributed by atoms with Gasteiger partial charge >= 0.3 is 6.03 Å². The summed E-state index contributed by atoms with van der Waals surface area (Å²) in [7, 11) is 1.71. The average Bonchev–Trinajstić information content (AvgIpc) is 2.88. The number of hydrogen-bond donors (Lipinski definition) is 3. The number of amides is 3. The monoisotopic (exact) mass is 569 g/mol. The molecule has 0 aliphatic carbocycles. The molecule has 1 fully saturated rings. The third-order valence-electron chi connectivity index (χ3n) is 6.08. The Hall–Kier alpha value is -4.23. The molecule has 3 aromatic rings. The minimum absolute atomic E-state index is 0.000356. The molecule has 4 rings (SSSR count). The Labute approximate surface area is 235 Å². The third kappa shape index (κ3) is 8.64. The molecule has 3 amide bonds. The highest BCUT2D eigenvalue weighted by Gasteiger charge is 2.15. The molecule has 10 nitrogen and oxygen atoms in total. The Kier molecular flexibility index (Phi) is 9.86. The smallest absolute Gasteiger partial charge is 0.322 e. The molecule has 40 heavy (non-hydrogen) atoms. The number of benzene rings is 2. The lowest BCUT2D eigenvalue weighted by Crippen LogP contribution is -2.40. The predicted octanol–water partition coefficient (Wildman–Crippen LogP) is 4.16. The third-order valence-corrected chi connectivity index (χ3v) is 6.28. The SMILES string of the molecule is CN(CCCN1CCC1)C(=O)Nc1cc(Oc2ccc(NC(=S)NC(=O)Cc3ccc(F)cc3)cc2F)ncn1. The van der Waals surface area contributed by atoms with E-state index in [1.807, 2.05) is 0 Å². The van der Waals surface area contributed by atoms with Gasteiger partial charge in [-0.1, -0.05) is 12.1 Å². The Bertz CT molecular complexity index is 1360. The van der Waals surface area contributed by atoms with Crippen LogP contribution in [-0.2, 0) is 11.2 Å². The second-order valence-electron chi connectivity index (χ2n) is 9.19. The summed E-state index contributed by atoms with van der Waals surface area (Å²) in [6.45, 7) is 3.79. The zero-order valence-electron chi connectivity index (χ0n) is 21.8. The molecular formula is C27H29F2N7O3S. The van der Waals surface area contributed by atoms with Crippen LogP contribution in [0.2, 0.25) is 0 Å². The molecule has 1 saturated heterocycles. The number of nitrogens with zero attached hydrogens (tertiary/aromatic N) is 4. The molecule has 2 aromatic carbocycles. The average molecular weight is 570 g/mol. The summed E-state index contributed by atoms with van der Waals surface area (Å²) in [5, 5.41) is 7.88. The molecule has 0 radical (unpaired) electrons. The van der Waals surface area contributed by atoms with E-state index in [1.54, 1.807) is 11.9 Å². The number of halogens is 2.